The van der Waals surface area contributed by atoms with Gasteiger partial charge in [-0.1, -0.05) is 36.4 Å². The van der Waals surface area contributed by atoms with Gasteiger partial charge < -0.3 is 14.6 Å². The molecular formula is C21H25NO4. The van der Waals surface area contributed by atoms with Crippen LogP contribution in [0.4, 0.5) is 0 Å². The van der Waals surface area contributed by atoms with Crippen molar-refractivity contribution in [2.75, 3.05) is 26.8 Å². The first-order chi connectivity index (χ1) is 12.7. The molecule has 1 aliphatic rings. The van der Waals surface area contributed by atoms with Crippen LogP contribution in [0.25, 0.3) is 0 Å². The molecule has 3 rings (SSSR count). The fraction of sp³-hybridized carbons (Fsp3) is 0.381. The fourth-order valence-corrected chi connectivity index (χ4v) is 3.48. The maximum atomic E-state index is 10.7. The van der Waals surface area contributed by atoms with Gasteiger partial charge >= 0.3 is 5.97 Å². The van der Waals surface area contributed by atoms with Crippen molar-refractivity contribution < 1.29 is 19.4 Å². The van der Waals surface area contributed by atoms with Crippen molar-refractivity contribution >= 4 is 5.97 Å². The lowest BCUT2D eigenvalue weighted by atomic mass is 9.89. The summed E-state index contributed by atoms with van der Waals surface area (Å²) < 4.78 is 10.6. The second-order valence-electron chi connectivity index (χ2n) is 6.63. The first kappa shape index (κ1) is 18.3. The Balaban J connectivity index is 1.59. The summed E-state index contributed by atoms with van der Waals surface area (Å²) in [6, 6.07) is 16.4. The number of likely N-dealkylation sites (tertiary alicyclic amines) is 1. The van der Waals surface area contributed by atoms with E-state index in [0.29, 0.717) is 17.4 Å². The number of piperidine rings is 1. The number of ether oxygens (including phenoxy) is 2. The highest BCUT2D eigenvalue weighted by molar-refractivity contribution is 5.68. The summed E-state index contributed by atoms with van der Waals surface area (Å²) >= 11 is 0. The first-order valence-electron chi connectivity index (χ1n) is 8.94. The molecule has 1 aliphatic heterocycles. The molecule has 0 aromatic heterocycles. The van der Waals surface area contributed by atoms with Crippen LogP contribution in [0.2, 0.25) is 0 Å². The number of carboxylic acids is 1. The molecule has 0 unspecified atom stereocenters. The lowest BCUT2D eigenvalue weighted by molar-refractivity contribution is -0.139. The smallest absolute Gasteiger partial charge is 0.341 e. The molecule has 1 saturated heterocycles. The van der Waals surface area contributed by atoms with Crippen LogP contribution in [-0.4, -0.2) is 42.8 Å². The molecule has 1 heterocycles. The van der Waals surface area contributed by atoms with E-state index in [9.17, 15) is 4.79 Å². The second-order valence-corrected chi connectivity index (χ2v) is 6.63. The van der Waals surface area contributed by atoms with Gasteiger partial charge in [0.2, 0.25) is 0 Å². The third-order valence-electron chi connectivity index (χ3n) is 4.84. The van der Waals surface area contributed by atoms with Crippen molar-refractivity contribution in [3.63, 3.8) is 0 Å². The standard InChI is InChI=1S/C21H25NO4/c1-25-19-8-7-16(13-20(19)26-15-21(23)24)14-22-11-9-18(10-12-22)17-5-3-2-4-6-17/h2-8,13,18H,9-12,14-15H2,1H3,(H,23,24). The normalized spacial score (nSPS) is 15.6. The molecule has 0 spiro atoms. The number of nitrogens with zero attached hydrogens (tertiary/aromatic N) is 1. The Kier molecular flexibility index (Phi) is 6.12. The van der Waals surface area contributed by atoms with Crippen LogP contribution in [-0.2, 0) is 11.3 Å². The molecule has 2 aromatic rings. The third kappa shape index (κ3) is 4.76. The van der Waals surface area contributed by atoms with Gasteiger partial charge in [0.1, 0.15) is 0 Å². The molecule has 0 saturated carbocycles. The van der Waals surface area contributed by atoms with E-state index in [2.05, 4.69) is 35.2 Å². The molecule has 0 bridgehead atoms. The van der Waals surface area contributed by atoms with E-state index in [1.54, 1.807) is 7.11 Å². The Hall–Kier alpha value is -2.53. The van der Waals surface area contributed by atoms with Crippen LogP contribution < -0.4 is 9.47 Å². The molecule has 5 nitrogen and oxygen atoms in total. The van der Waals surface area contributed by atoms with Crippen molar-refractivity contribution in [3.05, 3.63) is 59.7 Å². The van der Waals surface area contributed by atoms with Crippen molar-refractivity contribution in [2.45, 2.75) is 25.3 Å². The summed E-state index contributed by atoms with van der Waals surface area (Å²) in [5.74, 6) is 0.669. The zero-order valence-electron chi connectivity index (χ0n) is 15.1. The van der Waals surface area contributed by atoms with Gasteiger partial charge in [0, 0.05) is 6.54 Å². The molecule has 138 valence electrons. The van der Waals surface area contributed by atoms with Crippen LogP contribution in [0.15, 0.2) is 48.5 Å². The van der Waals surface area contributed by atoms with E-state index in [1.807, 2.05) is 18.2 Å². The monoisotopic (exact) mass is 355 g/mol. The molecule has 0 amide bonds. The Labute approximate surface area is 154 Å². The number of rotatable bonds is 7. The van der Waals surface area contributed by atoms with Gasteiger partial charge in [-0.2, -0.15) is 0 Å². The van der Waals surface area contributed by atoms with Crippen molar-refractivity contribution in [3.8, 4) is 11.5 Å². The highest BCUT2D eigenvalue weighted by Crippen LogP contribution is 2.31. The minimum absolute atomic E-state index is 0.373. The summed E-state index contributed by atoms with van der Waals surface area (Å²) in [7, 11) is 1.55. The Bertz CT molecular complexity index is 724. The molecule has 1 fully saturated rings. The van der Waals surface area contributed by atoms with E-state index < -0.39 is 5.97 Å². The number of hydrogen-bond acceptors (Lipinski definition) is 4. The number of methoxy groups -OCH3 is 1. The van der Waals surface area contributed by atoms with E-state index in [4.69, 9.17) is 14.6 Å². The van der Waals surface area contributed by atoms with Crippen molar-refractivity contribution in [1.29, 1.82) is 0 Å². The summed E-state index contributed by atoms with van der Waals surface area (Å²) in [6.45, 7) is 2.56. The quantitative estimate of drug-likeness (QED) is 0.823. The summed E-state index contributed by atoms with van der Waals surface area (Å²) in [4.78, 5) is 13.2. The molecule has 0 radical (unpaired) electrons. The molecule has 1 N–H and O–H groups in total. The van der Waals surface area contributed by atoms with Gasteiger partial charge in [-0.05, 0) is 55.1 Å². The van der Waals surface area contributed by atoms with Crippen molar-refractivity contribution in [2.24, 2.45) is 0 Å². The molecule has 2 aromatic carbocycles. The number of benzene rings is 2. The van der Waals surface area contributed by atoms with Gasteiger partial charge in [-0.15, -0.1) is 0 Å². The maximum Gasteiger partial charge on any atom is 0.341 e. The number of carbonyl (C=O) groups is 1. The third-order valence-corrected chi connectivity index (χ3v) is 4.84. The molecule has 26 heavy (non-hydrogen) atoms. The van der Waals surface area contributed by atoms with Crippen LogP contribution >= 0.6 is 0 Å². The predicted octanol–water partition coefficient (Wildman–Crippen LogP) is 3.54. The lowest BCUT2D eigenvalue weighted by Gasteiger charge is -2.32. The number of aliphatic carboxylic acids is 1. The zero-order chi connectivity index (χ0) is 18.4. The van der Waals surface area contributed by atoms with Gasteiger partial charge in [0.15, 0.2) is 18.1 Å². The zero-order valence-corrected chi connectivity index (χ0v) is 15.1. The van der Waals surface area contributed by atoms with Gasteiger partial charge in [0.25, 0.3) is 0 Å². The van der Waals surface area contributed by atoms with Gasteiger partial charge in [-0.25, -0.2) is 4.79 Å². The predicted molar refractivity (Wildman–Crippen MR) is 99.8 cm³/mol. The lowest BCUT2D eigenvalue weighted by Crippen LogP contribution is -2.32. The summed E-state index contributed by atoms with van der Waals surface area (Å²) in [5.41, 5.74) is 2.53. The fourth-order valence-electron chi connectivity index (χ4n) is 3.48. The second kappa shape index (κ2) is 8.72. The summed E-state index contributed by atoms with van der Waals surface area (Å²) in [6.07, 6.45) is 2.31. The minimum Gasteiger partial charge on any atom is -0.493 e. The van der Waals surface area contributed by atoms with Crippen LogP contribution in [0.1, 0.15) is 29.9 Å². The van der Waals surface area contributed by atoms with Crippen LogP contribution in [0, 0.1) is 0 Å². The Morgan fingerprint density at radius 2 is 1.85 bits per heavy atom. The minimum atomic E-state index is -1.000. The van der Waals surface area contributed by atoms with E-state index in [1.165, 1.54) is 5.56 Å². The van der Waals surface area contributed by atoms with E-state index >= 15 is 0 Å². The summed E-state index contributed by atoms with van der Waals surface area (Å²) in [5, 5.41) is 8.81. The highest BCUT2D eigenvalue weighted by Gasteiger charge is 2.20. The molecule has 0 atom stereocenters. The first-order valence-corrected chi connectivity index (χ1v) is 8.94. The average molecular weight is 355 g/mol. The Morgan fingerprint density at radius 1 is 1.12 bits per heavy atom. The highest BCUT2D eigenvalue weighted by atomic mass is 16.5. The van der Waals surface area contributed by atoms with Crippen molar-refractivity contribution in [1.82, 2.24) is 4.90 Å². The Morgan fingerprint density at radius 3 is 2.50 bits per heavy atom. The van der Waals surface area contributed by atoms with Gasteiger partial charge in [0.05, 0.1) is 7.11 Å². The molecule has 0 aliphatic carbocycles. The van der Waals surface area contributed by atoms with Gasteiger partial charge in [-0.3, -0.25) is 4.90 Å². The molecular weight excluding hydrogens is 330 g/mol. The average Bonchev–Trinajstić information content (AvgIpc) is 2.68. The topological polar surface area (TPSA) is 59.0 Å². The van der Waals surface area contributed by atoms with Crippen LogP contribution in [0.3, 0.4) is 0 Å². The van der Waals surface area contributed by atoms with Crippen LogP contribution in [0.5, 0.6) is 11.5 Å². The number of hydrogen-bond donors (Lipinski definition) is 1. The maximum absolute atomic E-state index is 10.7. The number of carboxylic acid groups (broad SMARTS) is 1. The largest absolute Gasteiger partial charge is 0.493 e. The van der Waals surface area contributed by atoms with E-state index in [0.717, 1.165) is 38.0 Å². The van der Waals surface area contributed by atoms with E-state index in [-0.39, 0.29) is 6.61 Å². The SMILES string of the molecule is COc1ccc(CN2CCC(c3ccccc3)CC2)cc1OCC(=O)O. The molecule has 5 heteroatoms.